The van der Waals surface area contributed by atoms with Crippen LogP contribution in [-0.2, 0) is 6.42 Å². The zero-order valence-electron chi connectivity index (χ0n) is 10.3. The van der Waals surface area contributed by atoms with E-state index in [0.29, 0.717) is 18.9 Å². The van der Waals surface area contributed by atoms with Crippen LogP contribution in [0.1, 0.15) is 22.8 Å². The number of fused-ring (bicyclic) bond motifs is 1. The van der Waals surface area contributed by atoms with Crippen molar-refractivity contribution in [3.05, 3.63) is 33.8 Å². The van der Waals surface area contributed by atoms with E-state index in [-0.39, 0.29) is 5.91 Å². The normalized spacial score (nSPS) is 15.8. The average molecular weight is 310 g/mol. The van der Waals surface area contributed by atoms with E-state index in [2.05, 4.69) is 20.9 Å². The number of nitrogens with two attached hydrogens (primary N) is 1. The molecule has 1 aliphatic heterocycles. The summed E-state index contributed by atoms with van der Waals surface area (Å²) in [5.41, 5.74) is 7.40. The number of amides is 1. The van der Waals surface area contributed by atoms with Crippen LogP contribution in [0.25, 0.3) is 0 Å². The first kappa shape index (κ1) is 13.1. The molecule has 0 saturated carbocycles. The maximum absolute atomic E-state index is 12.2. The fourth-order valence-electron chi connectivity index (χ4n) is 2.07. The molecule has 0 saturated heterocycles. The second-order valence-electron chi connectivity index (χ2n) is 4.37. The van der Waals surface area contributed by atoms with Gasteiger partial charge in [0, 0.05) is 23.1 Å². The van der Waals surface area contributed by atoms with Gasteiger partial charge in [-0.15, -0.1) is 0 Å². The Hall–Kier alpha value is -1.36. The minimum absolute atomic E-state index is 0.0913. The van der Waals surface area contributed by atoms with E-state index in [1.165, 1.54) is 0 Å². The van der Waals surface area contributed by atoms with Gasteiger partial charge in [0.05, 0.1) is 12.4 Å². The molecule has 18 heavy (non-hydrogen) atoms. The summed E-state index contributed by atoms with van der Waals surface area (Å²) in [6.45, 7) is 3.70. The molecule has 1 heterocycles. The molecule has 2 N–H and O–H groups in total. The van der Waals surface area contributed by atoms with Gasteiger partial charge in [-0.25, -0.2) is 0 Å². The summed E-state index contributed by atoms with van der Waals surface area (Å²) in [4.78, 5) is 18.2. The molecule has 0 bridgehead atoms. The number of hydrogen-bond donors (Lipinski definition) is 1. The van der Waals surface area contributed by atoms with Crippen LogP contribution in [0.5, 0.6) is 0 Å². The molecule has 1 aromatic carbocycles. The first-order valence-electron chi connectivity index (χ1n) is 5.92. The standard InChI is InChI=1S/C13H16BrN3O/c1-9(15)16-5-7-17-6-4-10-8-11(14)2-3-12(10)13(17)18/h2-3,8H,4-7H2,1H3,(H2,15,16). The van der Waals surface area contributed by atoms with Crippen molar-refractivity contribution in [3.8, 4) is 0 Å². The number of carbonyl (C=O) groups excluding carboxylic acids is 1. The highest BCUT2D eigenvalue weighted by molar-refractivity contribution is 9.10. The van der Waals surface area contributed by atoms with Crippen LogP contribution >= 0.6 is 15.9 Å². The smallest absolute Gasteiger partial charge is 0.254 e. The number of halogens is 1. The van der Waals surface area contributed by atoms with Gasteiger partial charge in [-0.3, -0.25) is 9.79 Å². The predicted molar refractivity (Wildman–Crippen MR) is 75.9 cm³/mol. The Kier molecular flexibility index (Phi) is 4.01. The maximum Gasteiger partial charge on any atom is 0.254 e. The Balaban J connectivity index is 2.09. The Morgan fingerprint density at radius 2 is 2.33 bits per heavy atom. The summed E-state index contributed by atoms with van der Waals surface area (Å²) in [5, 5.41) is 0. The van der Waals surface area contributed by atoms with E-state index in [0.717, 1.165) is 28.6 Å². The molecule has 1 amide bonds. The summed E-state index contributed by atoms with van der Waals surface area (Å²) >= 11 is 3.43. The molecular weight excluding hydrogens is 294 g/mol. The third kappa shape index (κ3) is 2.90. The van der Waals surface area contributed by atoms with E-state index in [4.69, 9.17) is 5.73 Å². The molecule has 4 nitrogen and oxygen atoms in total. The van der Waals surface area contributed by atoms with Crippen molar-refractivity contribution < 1.29 is 4.79 Å². The van der Waals surface area contributed by atoms with Crippen molar-refractivity contribution in [3.63, 3.8) is 0 Å². The van der Waals surface area contributed by atoms with Crippen LogP contribution in [0.4, 0.5) is 0 Å². The molecule has 0 atom stereocenters. The Morgan fingerprint density at radius 3 is 3.06 bits per heavy atom. The molecule has 96 valence electrons. The minimum atomic E-state index is 0.0913. The summed E-state index contributed by atoms with van der Waals surface area (Å²) in [5.74, 6) is 0.650. The van der Waals surface area contributed by atoms with E-state index in [1.54, 1.807) is 6.92 Å². The minimum Gasteiger partial charge on any atom is -0.388 e. The highest BCUT2D eigenvalue weighted by atomic mass is 79.9. The van der Waals surface area contributed by atoms with Crippen LogP contribution < -0.4 is 5.73 Å². The molecule has 2 rings (SSSR count). The van der Waals surface area contributed by atoms with Gasteiger partial charge in [0.15, 0.2) is 0 Å². The highest BCUT2D eigenvalue weighted by Crippen LogP contribution is 2.22. The third-order valence-corrected chi connectivity index (χ3v) is 3.46. The third-order valence-electron chi connectivity index (χ3n) is 2.97. The number of carbonyl (C=O) groups is 1. The molecule has 0 unspecified atom stereocenters. The fourth-order valence-corrected chi connectivity index (χ4v) is 2.47. The lowest BCUT2D eigenvalue weighted by Gasteiger charge is -2.28. The number of nitrogens with zero attached hydrogens (tertiary/aromatic N) is 2. The molecular formula is C13H16BrN3O. The van der Waals surface area contributed by atoms with Gasteiger partial charge in [0.2, 0.25) is 0 Å². The van der Waals surface area contributed by atoms with Crippen molar-refractivity contribution in [2.75, 3.05) is 19.6 Å². The van der Waals surface area contributed by atoms with Gasteiger partial charge in [-0.2, -0.15) is 0 Å². The van der Waals surface area contributed by atoms with Crippen molar-refractivity contribution in [2.24, 2.45) is 10.7 Å². The zero-order chi connectivity index (χ0) is 13.1. The van der Waals surface area contributed by atoms with Crippen LogP contribution in [0.15, 0.2) is 27.7 Å². The van der Waals surface area contributed by atoms with Gasteiger partial charge in [-0.05, 0) is 37.1 Å². The monoisotopic (exact) mass is 309 g/mol. The maximum atomic E-state index is 12.2. The Labute approximate surface area is 115 Å². The van der Waals surface area contributed by atoms with E-state index in [1.807, 2.05) is 23.1 Å². The lowest BCUT2D eigenvalue weighted by atomic mass is 9.99. The van der Waals surface area contributed by atoms with Gasteiger partial charge >= 0.3 is 0 Å². The van der Waals surface area contributed by atoms with E-state index in [9.17, 15) is 4.79 Å². The molecule has 0 aromatic heterocycles. The number of hydrogen-bond acceptors (Lipinski definition) is 2. The Morgan fingerprint density at radius 1 is 1.56 bits per heavy atom. The van der Waals surface area contributed by atoms with Gasteiger partial charge in [0.25, 0.3) is 5.91 Å². The van der Waals surface area contributed by atoms with Gasteiger partial charge in [0.1, 0.15) is 0 Å². The summed E-state index contributed by atoms with van der Waals surface area (Å²) in [6.07, 6.45) is 0.895. The van der Waals surface area contributed by atoms with Crippen molar-refractivity contribution >= 4 is 27.7 Å². The summed E-state index contributed by atoms with van der Waals surface area (Å²) in [6, 6.07) is 5.81. The number of benzene rings is 1. The molecule has 0 aliphatic carbocycles. The molecule has 0 spiro atoms. The van der Waals surface area contributed by atoms with Crippen molar-refractivity contribution in [2.45, 2.75) is 13.3 Å². The fraction of sp³-hybridized carbons (Fsp3) is 0.385. The SMILES string of the molecule is CC(N)=NCCN1CCc2cc(Br)ccc2C1=O. The molecule has 1 aromatic rings. The van der Waals surface area contributed by atoms with Crippen molar-refractivity contribution in [1.29, 1.82) is 0 Å². The topological polar surface area (TPSA) is 58.7 Å². The molecule has 1 aliphatic rings. The van der Waals surface area contributed by atoms with Gasteiger partial charge in [-0.1, -0.05) is 15.9 Å². The van der Waals surface area contributed by atoms with Crippen LogP contribution in [-0.4, -0.2) is 36.3 Å². The van der Waals surface area contributed by atoms with E-state index >= 15 is 0 Å². The predicted octanol–water partition coefficient (Wildman–Crippen LogP) is 1.82. The Bertz CT molecular complexity index is 495. The second-order valence-corrected chi connectivity index (χ2v) is 5.28. The number of rotatable bonds is 3. The molecule has 0 radical (unpaired) electrons. The second kappa shape index (κ2) is 5.52. The average Bonchev–Trinajstić information content (AvgIpc) is 2.31. The quantitative estimate of drug-likeness (QED) is 0.684. The lowest BCUT2D eigenvalue weighted by Crippen LogP contribution is -2.39. The molecule has 5 heteroatoms. The number of amidine groups is 1. The van der Waals surface area contributed by atoms with E-state index < -0.39 is 0 Å². The van der Waals surface area contributed by atoms with Crippen LogP contribution in [0, 0.1) is 0 Å². The van der Waals surface area contributed by atoms with Crippen molar-refractivity contribution in [1.82, 2.24) is 4.90 Å². The largest absolute Gasteiger partial charge is 0.388 e. The first-order chi connectivity index (χ1) is 8.58. The van der Waals surface area contributed by atoms with Crippen LogP contribution in [0.2, 0.25) is 0 Å². The van der Waals surface area contributed by atoms with Gasteiger partial charge < -0.3 is 10.6 Å². The summed E-state index contributed by atoms with van der Waals surface area (Å²) in [7, 11) is 0. The highest BCUT2D eigenvalue weighted by Gasteiger charge is 2.23. The summed E-state index contributed by atoms with van der Waals surface area (Å²) < 4.78 is 1.02. The zero-order valence-corrected chi connectivity index (χ0v) is 11.9. The van der Waals surface area contributed by atoms with Crippen LogP contribution in [0.3, 0.4) is 0 Å². The number of aliphatic imine (C=N–C) groups is 1. The lowest BCUT2D eigenvalue weighted by molar-refractivity contribution is 0.0745. The molecule has 0 fully saturated rings. The first-order valence-corrected chi connectivity index (χ1v) is 6.71.